The van der Waals surface area contributed by atoms with Gasteiger partial charge in [0.25, 0.3) is 0 Å². The lowest BCUT2D eigenvalue weighted by Gasteiger charge is -2.13. The number of esters is 1. The number of methoxy groups -OCH3 is 1. The van der Waals surface area contributed by atoms with Crippen LogP contribution < -0.4 is 10.6 Å². The highest BCUT2D eigenvalue weighted by Crippen LogP contribution is 2.27. The molecule has 2 N–H and O–H groups in total. The molecule has 122 valence electrons. The topological polar surface area (TPSA) is 76.1 Å². The van der Waals surface area contributed by atoms with E-state index in [1.165, 1.54) is 7.11 Å². The summed E-state index contributed by atoms with van der Waals surface area (Å²) in [6.45, 7) is 5.87. The van der Waals surface area contributed by atoms with Crippen molar-refractivity contribution in [3.8, 4) is 0 Å². The maximum Gasteiger partial charge on any atom is 0.337 e. The summed E-state index contributed by atoms with van der Waals surface area (Å²) >= 11 is 6.18. The van der Waals surface area contributed by atoms with E-state index in [2.05, 4.69) is 20.6 Å². The quantitative estimate of drug-likeness (QED) is 0.810. The number of ether oxygens (including phenoxy) is 1. The molecular weight excluding hydrogens is 316 g/mol. The normalized spacial score (nSPS) is 10.5. The third-order valence-electron chi connectivity index (χ3n) is 2.92. The first-order valence-corrected chi connectivity index (χ1v) is 7.54. The number of anilines is 3. The molecule has 7 heteroatoms. The van der Waals surface area contributed by atoms with Gasteiger partial charge in [0.2, 0.25) is 0 Å². The van der Waals surface area contributed by atoms with Gasteiger partial charge >= 0.3 is 5.97 Å². The van der Waals surface area contributed by atoms with Gasteiger partial charge in [-0.1, -0.05) is 11.6 Å². The lowest BCUT2D eigenvalue weighted by atomic mass is 10.2. The van der Waals surface area contributed by atoms with Gasteiger partial charge in [-0.3, -0.25) is 0 Å². The zero-order chi connectivity index (χ0) is 17.0. The molecule has 1 heterocycles. The second kappa shape index (κ2) is 7.28. The average Bonchev–Trinajstić information content (AvgIpc) is 2.47. The predicted octanol–water partition coefficient (Wildman–Crippen LogP) is 3.79. The summed E-state index contributed by atoms with van der Waals surface area (Å²) in [5.41, 5.74) is 0.980. The molecule has 2 aromatic rings. The van der Waals surface area contributed by atoms with Gasteiger partial charge in [0, 0.05) is 12.1 Å². The van der Waals surface area contributed by atoms with E-state index in [0.717, 1.165) is 5.82 Å². The van der Waals surface area contributed by atoms with Crippen LogP contribution in [-0.4, -0.2) is 29.1 Å². The number of aryl methyl sites for hydroxylation is 1. The van der Waals surface area contributed by atoms with Crippen molar-refractivity contribution >= 4 is 34.9 Å². The molecule has 0 aliphatic carbocycles. The molecule has 0 amide bonds. The Morgan fingerprint density at radius 1 is 1.22 bits per heavy atom. The van der Waals surface area contributed by atoms with Crippen LogP contribution in [0.5, 0.6) is 0 Å². The summed E-state index contributed by atoms with van der Waals surface area (Å²) in [4.78, 5) is 20.3. The number of aromatic nitrogens is 2. The molecule has 0 bridgehead atoms. The molecule has 2 rings (SSSR count). The van der Waals surface area contributed by atoms with Crippen molar-refractivity contribution < 1.29 is 9.53 Å². The molecule has 0 radical (unpaired) electrons. The molecule has 0 atom stereocenters. The molecular formula is C16H19ClN4O2. The Labute approximate surface area is 140 Å². The Balaban J connectivity index is 2.31. The van der Waals surface area contributed by atoms with E-state index >= 15 is 0 Å². The van der Waals surface area contributed by atoms with Gasteiger partial charge in [-0.05, 0) is 39.0 Å². The second-order valence-electron chi connectivity index (χ2n) is 5.30. The van der Waals surface area contributed by atoms with Gasteiger partial charge in [-0.2, -0.15) is 0 Å². The molecule has 0 aliphatic rings. The number of carbonyl (C=O) groups is 1. The third kappa shape index (κ3) is 4.56. The van der Waals surface area contributed by atoms with Crippen LogP contribution in [0.25, 0.3) is 0 Å². The third-order valence-corrected chi connectivity index (χ3v) is 3.25. The van der Waals surface area contributed by atoms with Crippen molar-refractivity contribution in [3.05, 3.63) is 40.7 Å². The smallest absolute Gasteiger partial charge is 0.337 e. The van der Waals surface area contributed by atoms with Crippen LogP contribution in [0.1, 0.15) is 30.0 Å². The largest absolute Gasteiger partial charge is 0.465 e. The number of carbonyl (C=O) groups excluding carboxylic acids is 1. The SMILES string of the molecule is COC(=O)c1ccc(Cl)c(Nc2cc(NC(C)C)nc(C)n2)c1. The van der Waals surface area contributed by atoms with Crippen LogP contribution in [0.2, 0.25) is 5.02 Å². The molecule has 0 fully saturated rings. The standard InChI is InChI=1S/C16H19ClN4O2/c1-9(2)18-14-8-15(20-10(3)19-14)21-13-7-11(16(22)23-4)5-6-12(13)17/h5-9H,1-4H3,(H2,18,19,20,21). The Hall–Kier alpha value is -2.34. The first-order chi connectivity index (χ1) is 10.9. The lowest BCUT2D eigenvalue weighted by Crippen LogP contribution is -2.12. The minimum absolute atomic E-state index is 0.253. The monoisotopic (exact) mass is 334 g/mol. The van der Waals surface area contributed by atoms with Crippen LogP contribution in [-0.2, 0) is 4.74 Å². The molecule has 6 nitrogen and oxygen atoms in total. The van der Waals surface area contributed by atoms with E-state index in [4.69, 9.17) is 16.3 Å². The summed E-state index contributed by atoms with van der Waals surface area (Å²) in [5.74, 6) is 1.50. The van der Waals surface area contributed by atoms with E-state index in [9.17, 15) is 4.79 Å². The molecule has 0 aliphatic heterocycles. The Kier molecular flexibility index (Phi) is 5.39. The molecule has 1 aromatic carbocycles. The zero-order valence-electron chi connectivity index (χ0n) is 13.5. The van der Waals surface area contributed by atoms with Crippen molar-refractivity contribution in [1.29, 1.82) is 0 Å². The van der Waals surface area contributed by atoms with Crippen molar-refractivity contribution in [2.45, 2.75) is 26.8 Å². The minimum Gasteiger partial charge on any atom is -0.465 e. The number of hydrogen-bond donors (Lipinski definition) is 2. The summed E-state index contributed by atoms with van der Waals surface area (Å²) < 4.78 is 4.72. The first kappa shape index (κ1) is 17.0. The lowest BCUT2D eigenvalue weighted by molar-refractivity contribution is 0.0601. The summed E-state index contributed by atoms with van der Waals surface area (Å²) in [6, 6.07) is 6.91. The van der Waals surface area contributed by atoms with Gasteiger partial charge in [-0.15, -0.1) is 0 Å². The highest BCUT2D eigenvalue weighted by Gasteiger charge is 2.10. The van der Waals surface area contributed by atoms with Crippen LogP contribution in [0.15, 0.2) is 24.3 Å². The molecule has 23 heavy (non-hydrogen) atoms. The molecule has 0 unspecified atom stereocenters. The molecule has 0 saturated carbocycles. The molecule has 0 spiro atoms. The summed E-state index contributed by atoms with van der Waals surface area (Å²) in [6.07, 6.45) is 0. The number of halogens is 1. The average molecular weight is 335 g/mol. The highest BCUT2D eigenvalue weighted by atomic mass is 35.5. The second-order valence-corrected chi connectivity index (χ2v) is 5.70. The predicted molar refractivity (Wildman–Crippen MR) is 91.6 cm³/mol. The Morgan fingerprint density at radius 3 is 2.57 bits per heavy atom. The molecule has 1 aromatic heterocycles. The van der Waals surface area contributed by atoms with Crippen LogP contribution in [0.3, 0.4) is 0 Å². The van der Waals surface area contributed by atoms with Gasteiger partial charge in [0.15, 0.2) is 0 Å². The minimum atomic E-state index is -0.425. The van der Waals surface area contributed by atoms with Crippen LogP contribution >= 0.6 is 11.6 Å². The van der Waals surface area contributed by atoms with E-state index in [1.54, 1.807) is 24.3 Å². The number of hydrogen-bond acceptors (Lipinski definition) is 6. The Morgan fingerprint density at radius 2 is 1.91 bits per heavy atom. The van der Waals surface area contributed by atoms with Gasteiger partial charge in [-0.25, -0.2) is 14.8 Å². The number of nitrogens with zero attached hydrogens (tertiary/aromatic N) is 2. The maximum absolute atomic E-state index is 11.6. The van der Waals surface area contributed by atoms with Gasteiger partial charge in [0.1, 0.15) is 17.5 Å². The number of rotatable bonds is 5. The number of nitrogens with one attached hydrogen (secondary N) is 2. The number of benzene rings is 1. The summed E-state index contributed by atoms with van der Waals surface area (Å²) in [5, 5.41) is 6.82. The Bertz CT molecular complexity index is 719. The van der Waals surface area contributed by atoms with Gasteiger partial charge in [0.05, 0.1) is 23.4 Å². The van der Waals surface area contributed by atoms with Crippen molar-refractivity contribution in [2.75, 3.05) is 17.7 Å². The van der Waals surface area contributed by atoms with Crippen molar-refractivity contribution in [3.63, 3.8) is 0 Å². The van der Waals surface area contributed by atoms with Crippen LogP contribution in [0.4, 0.5) is 17.3 Å². The highest BCUT2D eigenvalue weighted by molar-refractivity contribution is 6.33. The maximum atomic E-state index is 11.6. The fourth-order valence-electron chi connectivity index (χ4n) is 2.01. The molecule has 0 saturated heterocycles. The van der Waals surface area contributed by atoms with E-state index in [1.807, 2.05) is 20.8 Å². The van der Waals surface area contributed by atoms with Crippen LogP contribution in [0, 0.1) is 6.92 Å². The fraction of sp³-hybridized carbons (Fsp3) is 0.312. The first-order valence-electron chi connectivity index (χ1n) is 7.16. The van der Waals surface area contributed by atoms with E-state index < -0.39 is 5.97 Å². The van der Waals surface area contributed by atoms with E-state index in [-0.39, 0.29) is 6.04 Å². The van der Waals surface area contributed by atoms with Gasteiger partial charge < -0.3 is 15.4 Å². The van der Waals surface area contributed by atoms with Crippen molar-refractivity contribution in [1.82, 2.24) is 9.97 Å². The summed E-state index contributed by atoms with van der Waals surface area (Å²) in [7, 11) is 1.34. The fourth-order valence-corrected chi connectivity index (χ4v) is 2.17. The zero-order valence-corrected chi connectivity index (χ0v) is 14.2. The van der Waals surface area contributed by atoms with E-state index in [0.29, 0.717) is 27.9 Å². The van der Waals surface area contributed by atoms with Crippen molar-refractivity contribution in [2.24, 2.45) is 0 Å².